The zero-order chi connectivity index (χ0) is 12.1. The number of halogens is 1. The van der Waals surface area contributed by atoms with Gasteiger partial charge in [-0.2, -0.15) is 5.26 Å². The Bertz CT molecular complexity index is 455. The number of aryl methyl sites for hydroxylation is 1. The molecular weight excluding hydrogens is 220 g/mol. The highest BCUT2D eigenvalue weighted by Crippen LogP contribution is 2.22. The maximum atomic E-state index is 8.99. The van der Waals surface area contributed by atoms with Crippen LogP contribution in [0.2, 0.25) is 5.02 Å². The fourth-order valence-corrected chi connectivity index (χ4v) is 1.62. The lowest BCUT2D eigenvalue weighted by molar-refractivity contribution is 0.929. The summed E-state index contributed by atoms with van der Waals surface area (Å²) in [6.07, 6.45) is 1.61. The molecule has 0 spiro atoms. The summed E-state index contributed by atoms with van der Waals surface area (Å²) in [6, 6.07) is 7.75. The van der Waals surface area contributed by atoms with E-state index in [1.165, 1.54) is 0 Å². The van der Waals surface area contributed by atoms with Crippen molar-refractivity contribution in [2.24, 2.45) is 5.73 Å². The zero-order valence-corrected chi connectivity index (χ0v) is 10.3. The normalized spacial score (nSPS) is 11.9. The van der Waals surface area contributed by atoms with Gasteiger partial charge in [0.15, 0.2) is 0 Å². The fourth-order valence-electron chi connectivity index (χ4n) is 1.44. The van der Waals surface area contributed by atoms with Crippen LogP contribution in [-0.2, 0) is 0 Å². The van der Waals surface area contributed by atoms with E-state index in [1.807, 2.05) is 26.0 Å². The molecule has 16 heavy (non-hydrogen) atoms. The maximum Gasteiger partial charge on any atom is 0.0968 e. The summed E-state index contributed by atoms with van der Waals surface area (Å²) in [5.74, 6) is 0. The third-order valence-corrected chi connectivity index (χ3v) is 2.85. The average molecular weight is 235 g/mol. The van der Waals surface area contributed by atoms with Gasteiger partial charge in [0.05, 0.1) is 17.3 Å². The fraction of sp³-hybridized carbons (Fsp3) is 0.308. The van der Waals surface area contributed by atoms with Crippen molar-refractivity contribution < 1.29 is 0 Å². The van der Waals surface area contributed by atoms with Gasteiger partial charge in [-0.25, -0.2) is 0 Å². The van der Waals surface area contributed by atoms with E-state index < -0.39 is 0 Å². The smallest absolute Gasteiger partial charge is 0.0968 e. The summed E-state index contributed by atoms with van der Waals surface area (Å²) in [4.78, 5) is 0. The second-order valence-corrected chi connectivity index (χ2v) is 4.13. The average Bonchev–Trinajstić information content (AvgIpc) is 2.28. The van der Waals surface area contributed by atoms with Crippen LogP contribution in [-0.4, -0.2) is 0 Å². The summed E-state index contributed by atoms with van der Waals surface area (Å²) in [5, 5.41) is 9.67. The minimum Gasteiger partial charge on any atom is -0.397 e. The molecular formula is C13H15ClN2. The van der Waals surface area contributed by atoms with Gasteiger partial charge in [0, 0.05) is 5.02 Å². The number of rotatable bonds is 3. The van der Waals surface area contributed by atoms with E-state index in [2.05, 4.69) is 6.07 Å². The molecule has 0 atom stereocenters. The number of hydrogen-bond donors (Lipinski definition) is 1. The first-order chi connectivity index (χ1) is 7.60. The van der Waals surface area contributed by atoms with Gasteiger partial charge in [0.1, 0.15) is 0 Å². The Hall–Kier alpha value is -1.46. The number of nitriles is 1. The number of hydrogen-bond acceptors (Lipinski definition) is 2. The quantitative estimate of drug-likeness (QED) is 0.812. The van der Waals surface area contributed by atoms with Crippen LogP contribution in [0.15, 0.2) is 23.8 Å². The van der Waals surface area contributed by atoms with E-state index in [1.54, 1.807) is 6.07 Å². The molecule has 2 N–H and O–H groups in total. The van der Waals surface area contributed by atoms with Crippen molar-refractivity contribution in [3.63, 3.8) is 0 Å². The third-order valence-electron chi connectivity index (χ3n) is 2.44. The van der Waals surface area contributed by atoms with Gasteiger partial charge in [-0.3, -0.25) is 0 Å². The molecule has 0 heterocycles. The van der Waals surface area contributed by atoms with E-state index in [0.29, 0.717) is 22.7 Å². The Balaban J connectivity index is 3.17. The topological polar surface area (TPSA) is 49.8 Å². The second kappa shape index (κ2) is 5.58. The highest BCUT2D eigenvalue weighted by molar-refractivity contribution is 6.31. The molecule has 0 aliphatic rings. The Morgan fingerprint density at radius 1 is 1.50 bits per heavy atom. The Morgan fingerprint density at radius 3 is 2.69 bits per heavy atom. The minimum absolute atomic E-state index is 0.534. The van der Waals surface area contributed by atoms with Gasteiger partial charge in [0.25, 0.3) is 0 Å². The number of nitrogens with two attached hydrogens (primary N) is 1. The number of benzene rings is 1. The van der Waals surface area contributed by atoms with Gasteiger partial charge in [0.2, 0.25) is 0 Å². The van der Waals surface area contributed by atoms with Crippen molar-refractivity contribution in [2.45, 2.75) is 26.7 Å². The number of nitrogens with zero attached hydrogens (tertiary/aromatic N) is 1. The maximum absolute atomic E-state index is 8.99. The summed E-state index contributed by atoms with van der Waals surface area (Å²) in [6.45, 7) is 3.95. The highest BCUT2D eigenvalue weighted by atomic mass is 35.5. The molecule has 1 rings (SSSR count). The standard InChI is InChI=1S/C13H15ClN2/c1-3-4-11(8-15)13(16)10-6-5-9(2)12(14)7-10/h5-7H,3-4,16H2,1-2H3/b13-11-. The molecule has 84 valence electrons. The second-order valence-electron chi connectivity index (χ2n) is 3.72. The summed E-state index contributed by atoms with van der Waals surface area (Å²) < 4.78 is 0. The first-order valence-electron chi connectivity index (χ1n) is 5.25. The van der Waals surface area contributed by atoms with Crippen LogP contribution in [0.4, 0.5) is 0 Å². The summed E-state index contributed by atoms with van der Waals surface area (Å²) in [7, 11) is 0. The van der Waals surface area contributed by atoms with Crippen molar-refractivity contribution >= 4 is 17.3 Å². The molecule has 0 saturated heterocycles. The molecule has 2 nitrogen and oxygen atoms in total. The first kappa shape index (κ1) is 12.6. The molecule has 0 fully saturated rings. The SMILES string of the molecule is CCC/C(C#N)=C(/N)c1ccc(C)c(Cl)c1. The zero-order valence-electron chi connectivity index (χ0n) is 9.55. The molecule has 0 aliphatic heterocycles. The predicted octanol–water partition coefficient (Wildman–Crippen LogP) is 3.64. The van der Waals surface area contributed by atoms with Crippen LogP contribution in [0.3, 0.4) is 0 Å². The summed E-state index contributed by atoms with van der Waals surface area (Å²) >= 11 is 6.02. The monoisotopic (exact) mass is 234 g/mol. The lowest BCUT2D eigenvalue weighted by Gasteiger charge is -2.07. The number of allylic oxidation sites excluding steroid dienone is 1. The lowest BCUT2D eigenvalue weighted by atomic mass is 10.0. The van der Waals surface area contributed by atoms with Crippen molar-refractivity contribution in [3.05, 3.63) is 39.9 Å². The van der Waals surface area contributed by atoms with Crippen LogP contribution in [0.5, 0.6) is 0 Å². The Kier molecular flexibility index (Phi) is 4.39. The molecule has 1 aromatic rings. The van der Waals surface area contributed by atoms with Crippen molar-refractivity contribution in [1.29, 1.82) is 5.26 Å². The van der Waals surface area contributed by atoms with E-state index in [0.717, 1.165) is 17.5 Å². The molecule has 0 saturated carbocycles. The highest BCUT2D eigenvalue weighted by Gasteiger charge is 2.06. The van der Waals surface area contributed by atoms with Gasteiger partial charge in [-0.15, -0.1) is 0 Å². The molecule has 0 unspecified atom stereocenters. The Labute approximate surface area is 101 Å². The van der Waals surface area contributed by atoms with Gasteiger partial charge in [-0.05, 0) is 30.5 Å². The van der Waals surface area contributed by atoms with E-state index >= 15 is 0 Å². The van der Waals surface area contributed by atoms with Crippen LogP contribution in [0.25, 0.3) is 5.70 Å². The van der Waals surface area contributed by atoms with Crippen LogP contribution < -0.4 is 5.73 Å². The molecule has 3 heteroatoms. The largest absolute Gasteiger partial charge is 0.397 e. The van der Waals surface area contributed by atoms with Crippen molar-refractivity contribution in [1.82, 2.24) is 0 Å². The van der Waals surface area contributed by atoms with Crippen LogP contribution >= 0.6 is 11.6 Å². The van der Waals surface area contributed by atoms with E-state index in [4.69, 9.17) is 22.6 Å². The van der Waals surface area contributed by atoms with Crippen molar-refractivity contribution in [2.75, 3.05) is 0 Å². The van der Waals surface area contributed by atoms with E-state index in [-0.39, 0.29) is 0 Å². The third kappa shape index (κ3) is 2.77. The van der Waals surface area contributed by atoms with Crippen LogP contribution in [0.1, 0.15) is 30.9 Å². The molecule has 0 amide bonds. The van der Waals surface area contributed by atoms with Crippen LogP contribution in [0, 0.1) is 18.3 Å². The molecule has 0 aromatic heterocycles. The molecule has 0 bridgehead atoms. The molecule has 0 aliphatic carbocycles. The first-order valence-corrected chi connectivity index (χ1v) is 5.63. The summed E-state index contributed by atoms with van der Waals surface area (Å²) in [5.41, 5.74) is 8.94. The van der Waals surface area contributed by atoms with E-state index in [9.17, 15) is 0 Å². The van der Waals surface area contributed by atoms with Crippen molar-refractivity contribution in [3.8, 4) is 6.07 Å². The molecule has 0 radical (unpaired) electrons. The predicted molar refractivity (Wildman–Crippen MR) is 67.8 cm³/mol. The lowest BCUT2D eigenvalue weighted by Crippen LogP contribution is -2.01. The Morgan fingerprint density at radius 2 is 2.19 bits per heavy atom. The van der Waals surface area contributed by atoms with Gasteiger partial charge < -0.3 is 5.73 Å². The molecule has 1 aromatic carbocycles. The van der Waals surface area contributed by atoms with Gasteiger partial charge >= 0.3 is 0 Å². The van der Waals surface area contributed by atoms with Gasteiger partial charge in [-0.1, -0.05) is 37.1 Å². The minimum atomic E-state index is 0.534.